The number of hydroxylamine groups is 1. The maximum atomic E-state index is 6.22. The first-order chi connectivity index (χ1) is 11.8. The zero-order valence-electron chi connectivity index (χ0n) is 13.8. The van der Waals surface area contributed by atoms with Crippen LogP contribution in [0.2, 0.25) is 0 Å². The molecule has 0 aliphatic carbocycles. The second-order valence-corrected chi connectivity index (χ2v) is 5.57. The Kier molecular flexibility index (Phi) is 4.97. The Labute approximate surface area is 143 Å². The minimum Gasteiger partial charge on any atom is -0.379 e. The second-order valence-electron chi connectivity index (χ2n) is 5.57. The zero-order chi connectivity index (χ0) is 16.8. The number of rotatable bonds is 6. The van der Waals surface area contributed by atoms with Gasteiger partial charge in [0.1, 0.15) is 0 Å². The first-order valence-electron chi connectivity index (χ1n) is 8.08. The standard InChI is InChI=1S/C22H21NO/c1-3-19-12-10-11-17-22(19)18(2)23(20-13-6-4-7-14-20)24-21-15-8-5-9-16-21/h3-18H,1H2,2H3. The van der Waals surface area contributed by atoms with Crippen LogP contribution in [0.15, 0.2) is 91.5 Å². The van der Waals surface area contributed by atoms with Gasteiger partial charge in [-0.1, -0.05) is 73.3 Å². The van der Waals surface area contributed by atoms with Crippen molar-refractivity contribution in [2.45, 2.75) is 13.0 Å². The van der Waals surface area contributed by atoms with Crippen LogP contribution < -0.4 is 9.90 Å². The monoisotopic (exact) mass is 315 g/mol. The van der Waals surface area contributed by atoms with Crippen molar-refractivity contribution in [2.75, 3.05) is 5.06 Å². The van der Waals surface area contributed by atoms with Crippen molar-refractivity contribution in [3.63, 3.8) is 0 Å². The van der Waals surface area contributed by atoms with E-state index in [9.17, 15) is 0 Å². The van der Waals surface area contributed by atoms with Crippen LogP contribution in [-0.2, 0) is 0 Å². The molecule has 2 nitrogen and oxygen atoms in total. The molecule has 120 valence electrons. The lowest BCUT2D eigenvalue weighted by molar-refractivity contribution is 0.248. The van der Waals surface area contributed by atoms with E-state index in [1.165, 1.54) is 5.56 Å². The number of hydrogen-bond acceptors (Lipinski definition) is 2. The molecule has 0 amide bonds. The second kappa shape index (κ2) is 7.51. The Morgan fingerprint density at radius 1 is 0.833 bits per heavy atom. The largest absolute Gasteiger partial charge is 0.379 e. The van der Waals surface area contributed by atoms with Gasteiger partial charge in [-0.05, 0) is 42.3 Å². The van der Waals surface area contributed by atoms with Crippen molar-refractivity contribution in [3.05, 3.63) is 103 Å². The topological polar surface area (TPSA) is 12.5 Å². The van der Waals surface area contributed by atoms with Crippen LogP contribution in [0.3, 0.4) is 0 Å². The van der Waals surface area contributed by atoms with E-state index < -0.39 is 0 Å². The van der Waals surface area contributed by atoms with Crippen molar-refractivity contribution in [2.24, 2.45) is 0 Å². The van der Waals surface area contributed by atoms with E-state index in [1.54, 1.807) is 0 Å². The molecule has 24 heavy (non-hydrogen) atoms. The Hall–Kier alpha value is -3.00. The maximum Gasteiger partial charge on any atom is 0.155 e. The third kappa shape index (κ3) is 3.49. The molecule has 0 aliphatic heterocycles. The van der Waals surface area contributed by atoms with E-state index in [-0.39, 0.29) is 6.04 Å². The van der Waals surface area contributed by atoms with Gasteiger partial charge in [-0.15, -0.1) is 0 Å². The first-order valence-corrected chi connectivity index (χ1v) is 8.08. The van der Waals surface area contributed by atoms with Gasteiger partial charge in [0.15, 0.2) is 5.75 Å². The third-order valence-corrected chi connectivity index (χ3v) is 3.98. The van der Waals surface area contributed by atoms with E-state index in [4.69, 9.17) is 4.84 Å². The van der Waals surface area contributed by atoms with Crippen LogP contribution >= 0.6 is 0 Å². The fourth-order valence-corrected chi connectivity index (χ4v) is 2.73. The minimum absolute atomic E-state index is 0.0295. The van der Waals surface area contributed by atoms with E-state index in [0.717, 1.165) is 17.0 Å². The van der Waals surface area contributed by atoms with Gasteiger partial charge in [-0.2, -0.15) is 0 Å². The van der Waals surface area contributed by atoms with Crippen LogP contribution in [0.5, 0.6) is 5.75 Å². The molecule has 0 bridgehead atoms. The van der Waals surface area contributed by atoms with E-state index in [2.05, 4.69) is 37.8 Å². The lowest BCUT2D eigenvalue weighted by atomic mass is 10.0. The summed E-state index contributed by atoms with van der Waals surface area (Å²) < 4.78 is 0. The van der Waals surface area contributed by atoms with Gasteiger partial charge in [0.05, 0.1) is 11.7 Å². The highest BCUT2D eigenvalue weighted by atomic mass is 16.7. The molecule has 0 saturated carbocycles. The summed E-state index contributed by atoms with van der Waals surface area (Å²) >= 11 is 0. The fourth-order valence-electron chi connectivity index (χ4n) is 2.73. The molecule has 1 unspecified atom stereocenters. The molecule has 0 aliphatic rings. The van der Waals surface area contributed by atoms with Crippen LogP contribution in [0.4, 0.5) is 5.69 Å². The Bertz CT molecular complexity index is 783. The average molecular weight is 315 g/mol. The highest BCUT2D eigenvalue weighted by Crippen LogP contribution is 2.30. The van der Waals surface area contributed by atoms with Crippen molar-refractivity contribution in [3.8, 4) is 5.75 Å². The SMILES string of the molecule is C=Cc1ccccc1C(C)N(Oc1ccccc1)c1ccccc1. The highest BCUT2D eigenvalue weighted by molar-refractivity contribution is 5.55. The molecule has 0 saturated heterocycles. The number of benzene rings is 3. The number of anilines is 1. The lowest BCUT2D eigenvalue weighted by Crippen LogP contribution is -2.30. The third-order valence-electron chi connectivity index (χ3n) is 3.98. The van der Waals surface area contributed by atoms with Crippen LogP contribution in [-0.4, -0.2) is 0 Å². The summed E-state index contributed by atoms with van der Waals surface area (Å²) in [4.78, 5) is 6.22. The number of nitrogens with zero attached hydrogens (tertiary/aromatic N) is 1. The molecule has 0 spiro atoms. The molecular weight excluding hydrogens is 294 g/mol. The van der Waals surface area contributed by atoms with Gasteiger partial charge in [0, 0.05) is 0 Å². The van der Waals surface area contributed by atoms with Gasteiger partial charge in [-0.3, -0.25) is 0 Å². The van der Waals surface area contributed by atoms with Gasteiger partial charge >= 0.3 is 0 Å². The molecule has 0 fully saturated rings. The van der Waals surface area contributed by atoms with E-state index >= 15 is 0 Å². The van der Waals surface area contributed by atoms with E-state index in [1.807, 2.05) is 71.8 Å². The predicted molar refractivity (Wildman–Crippen MR) is 101 cm³/mol. The highest BCUT2D eigenvalue weighted by Gasteiger charge is 2.20. The molecule has 1 atom stereocenters. The molecule has 3 aromatic carbocycles. The summed E-state index contributed by atoms with van der Waals surface area (Å²) in [7, 11) is 0. The summed E-state index contributed by atoms with van der Waals surface area (Å²) in [6.07, 6.45) is 1.89. The summed E-state index contributed by atoms with van der Waals surface area (Å²) in [6.45, 7) is 6.07. The quantitative estimate of drug-likeness (QED) is 0.526. The predicted octanol–water partition coefficient (Wildman–Crippen LogP) is 5.89. The molecule has 0 N–H and O–H groups in total. The average Bonchev–Trinajstić information content (AvgIpc) is 2.67. The molecule has 3 rings (SSSR count). The van der Waals surface area contributed by atoms with Gasteiger partial charge < -0.3 is 4.84 Å². The summed E-state index contributed by atoms with van der Waals surface area (Å²) in [5.41, 5.74) is 3.29. The minimum atomic E-state index is 0.0295. The number of hydrogen-bond donors (Lipinski definition) is 0. The zero-order valence-corrected chi connectivity index (χ0v) is 13.8. The normalized spacial score (nSPS) is 11.5. The fraction of sp³-hybridized carbons (Fsp3) is 0.0909. The molecule has 0 heterocycles. The lowest BCUT2D eigenvalue weighted by Gasteiger charge is -2.31. The summed E-state index contributed by atoms with van der Waals surface area (Å²) in [5.74, 6) is 0.810. The molecular formula is C22H21NO. The van der Waals surface area contributed by atoms with Crippen LogP contribution in [0.25, 0.3) is 6.08 Å². The van der Waals surface area contributed by atoms with Crippen molar-refractivity contribution < 1.29 is 4.84 Å². The van der Waals surface area contributed by atoms with Crippen LogP contribution in [0.1, 0.15) is 24.1 Å². The van der Waals surface area contributed by atoms with E-state index in [0.29, 0.717) is 0 Å². The smallest absolute Gasteiger partial charge is 0.155 e. The summed E-state index contributed by atoms with van der Waals surface area (Å²) in [6, 6.07) is 28.3. The first kappa shape index (κ1) is 15.9. The molecule has 0 aromatic heterocycles. The number of para-hydroxylation sites is 2. The van der Waals surface area contributed by atoms with Gasteiger partial charge in [0.25, 0.3) is 0 Å². The molecule has 3 aromatic rings. The van der Waals surface area contributed by atoms with Crippen LogP contribution in [0, 0.1) is 0 Å². The molecule has 0 radical (unpaired) electrons. The van der Waals surface area contributed by atoms with Gasteiger partial charge in [0.2, 0.25) is 0 Å². The Balaban J connectivity index is 1.99. The van der Waals surface area contributed by atoms with Crippen molar-refractivity contribution in [1.82, 2.24) is 0 Å². The Morgan fingerprint density at radius 3 is 2.08 bits per heavy atom. The van der Waals surface area contributed by atoms with Crippen molar-refractivity contribution >= 4 is 11.8 Å². The summed E-state index contributed by atoms with van der Waals surface area (Å²) in [5, 5.41) is 1.94. The van der Waals surface area contributed by atoms with Crippen molar-refractivity contribution in [1.29, 1.82) is 0 Å². The maximum absolute atomic E-state index is 6.22. The Morgan fingerprint density at radius 2 is 1.42 bits per heavy atom. The van der Waals surface area contributed by atoms with Gasteiger partial charge in [-0.25, -0.2) is 5.06 Å². The molecule has 2 heteroatoms.